The van der Waals surface area contributed by atoms with Crippen LogP contribution in [0, 0.1) is 0 Å². The van der Waals surface area contributed by atoms with Gasteiger partial charge in [-0.25, -0.2) is 15.0 Å². The van der Waals surface area contributed by atoms with Crippen LogP contribution in [0.1, 0.15) is 40.2 Å². The number of fused-ring (bicyclic) bond motifs is 1. The Balaban J connectivity index is 1.32. The summed E-state index contributed by atoms with van der Waals surface area (Å²) in [4.78, 5) is 14.4. The average molecular weight is 625 g/mol. The zero-order valence-corrected chi connectivity index (χ0v) is 26.0. The van der Waals surface area contributed by atoms with Crippen LogP contribution in [0.4, 0.5) is 5.82 Å². The van der Waals surface area contributed by atoms with E-state index in [0.29, 0.717) is 49.0 Å². The Kier molecular flexibility index (Phi) is 10.3. The minimum atomic E-state index is -1.19. The molecule has 0 spiro atoms. The summed E-state index contributed by atoms with van der Waals surface area (Å²) in [5.74, 6) is 1.16. The van der Waals surface area contributed by atoms with Gasteiger partial charge in [0, 0.05) is 33.2 Å². The van der Waals surface area contributed by atoms with E-state index in [1.54, 1.807) is 18.0 Å². The van der Waals surface area contributed by atoms with E-state index in [4.69, 9.17) is 24.2 Å². The third-order valence-electron chi connectivity index (χ3n) is 8.30. The van der Waals surface area contributed by atoms with E-state index in [0.717, 1.165) is 11.1 Å². The molecule has 46 heavy (non-hydrogen) atoms. The molecule has 11 heteroatoms. The Morgan fingerprint density at radius 1 is 0.826 bits per heavy atom. The van der Waals surface area contributed by atoms with Crippen molar-refractivity contribution in [2.45, 2.75) is 50.2 Å². The van der Waals surface area contributed by atoms with E-state index in [2.05, 4.69) is 52.0 Å². The van der Waals surface area contributed by atoms with Gasteiger partial charge in [0.25, 0.3) is 0 Å². The van der Waals surface area contributed by atoms with Gasteiger partial charge in [0.1, 0.15) is 24.1 Å². The Bertz CT molecular complexity index is 1660. The van der Waals surface area contributed by atoms with Gasteiger partial charge in [-0.05, 0) is 22.3 Å². The van der Waals surface area contributed by atoms with Crippen molar-refractivity contribution >= 4 is 17.0 Å². The molecule has 0 aliphatic carbocycles. The Labute approximate surface area is 268 Å². The third-order valence-corrected chi connectivity index (χ3v) is 8.30. The lowest BCUT2D eigenvalue weighted by Crippen LogP contribution is -2.33. The minimum absolute atomic E-state index is 0.0540. The van der Waals surface area contributed by atoms with Crippen LogP contribution in [0.5, 0.6) is 0 Å². The Morgan fingerprint density at radius 3 is 2.17 bits per heavy atom. The first-order valence-corrected chi connectivity index (χ1v) is 15.4. The molecular weight excluding hydrogens is 584 g/mol. The number of nitrogens with zero attached hydrogens (tertiary/aromatic N) is 4. The van der Waals surface area contributed by atoms with Gasteiger partial charge >= 0.3 is 0 Å². The summed E-state index contributed by atoms with van der Waals surface area (Å²) in [6, 6.07) is 28.8. The molecule has 11 nitrogen and oxygen atoms in total. The number of ether oxygens (including phenoxy) is 3. The van der Waals surface area contributed by atoms with Crippen molar-refractivity contribution in [2.24, 2.45) is 0 Å². The molecule has 4 unspecified atom stereocenters. The van der Waals surface area contributed by atoms with Gasteiger partial charge in [0.05, 0.1) is 26.1 Å². The predicted molar refractivity (Wildman–Crippen MR) is 174 cm³/mol. The van der Waals surface area contributed by atoms with Crippen LogP contribution in [0.25, 0.3) is 11.2 Å². The number of hydrogen-bond acceptors (Lipinski definition) is 10. The summed E-state index contributed by atoms with van der Waals surface area (Å²) < 4.78 is 18.3. The first kappa shape index (κ1) is 31.7. The number of imidazole rings is 1. The number of nitrogens with one attached hydrogen (secondary N) is 2. The molecule has 0 saturated carbocycles. The van der Waals surface area contributed by atoms with E-state index in [1.165, 1.54) is 18.2 Å². The summed E-state index contributed by atoms with van der Waals surface area (Å²) in [7, 11) is 3.21. The Morgan fingerprint density at radius 2 is 1.50 bits per heavy atom. The average Bonchev–Trinajstić information content (AvgIpc) is 3.63. The number of anilines is 1. The highest BCUT2D eigenvalue weighted by atomic mass is 16.6. The topological polar surface area (TPSA) is 136 Å². The van der Waals surface area contributed by atoms with Crippen molar-refractivity contribution in [3.05, 3.63) is 119 Å². The molecule has 4 atom stereocenters. The number of aromatic nitrogens is 4. The number of rotatable bonds is 14. The highest BCUT2D eigenvalue weighted by Crippen LogP contribution is 2.33. The van der Waals surface area contributed by atoms with Crippen LogP contribution in [0.3, 0.4) is 0 Å². The summed E-state index contributed by atoms with van der Waals surface area (Å²) >= 11 is 0. The molecule has 5 aromatic rings. The number of hydrogen-bond donors (Lipinski definition) is 4. The highest BCUT2D eigenvalue weighted by molar-refractivity contribution is 5.83. The number of methoxy groups -OCH3 is 2. The third kappa shape index (κ3) is 6.95. The molecule has 1 saturated heterocycles. The van der Waals surface area contributed by atoms with E-state index >= 15 is 0 Å². The summed E-state index contributed by atoms with van der Waals surface area (Å²) in [6.45, 7) is 2.20. The number of benzene rings is 3. The zero-order valence-electron chi connectivity index (χ0n) is 26.0. The van der Waals surface area contributed by atoms with Crippen molar-refractivity contribution in [1.29, 1.82) is 0 Å². The fourth-order valence-corrected chi connectivity index (χ4v) is 5.94. The molecule has 6 rings (SSSR count). The van der Waals surface area contributed by atoms with Crippen LogP contribution < -0.4 is 10.6 Å². The van der Waals surface area contributed by atoms with E-state index < -0.39 is 24.5 Å². The van der Waals surface area contributed by atoms with Crippen LogP contribution >= 0.6 is 0 Å². The number of aliphatic hydroxyl groups is 2. The lowest BCUT2D eigenvalue weighted by atomic mass is 9.91. The van der Waals surface area contributed by atoms with Crippen LogP contribution in [-0.4, -0.2) is 75.4 Å². The maximum Gasteiger partial charge on any atom is 0.168 e. The second-order valence-corrected chi connectivity index (χ2v) is 11.4. The molecule has 240 valence electrons. The van der Waals surface area contributed by atoms with Gasteiger partial charge in [-0.1, -0.05) is 84.9 Å². The fourth-order valence-electron chi connectivity index (χ4n) is 5.94. The first-order valence-electron chi connectivity index (χ1n) is 15.4. The molecule has 0 amide bonds. The predicted octanol–water partition coefficient (Wildman–Crippen LogP) is 3.77. The maximum absolute atomic E-state index is 10.9. The van der Waals surface area contributed by atoms with Crippen molar-refractivity contribution in [3.8, 4) is 0 Å². The van der Waals surface area contributed by atoms with Crippen LogP contribution in [0.15, 0.2) is 91.3 Å². The molecule has 2 aromatic heterocycles. The largest absolute Gasteiger partial charge is 0.387 e. The molecular formula is C35H40N6O5. The molecule has 1 fully saturated rings. The quantitative estimate of drug-likeness (QED) is 0.145. The lowest BCUT2D eigenvalue weighted by Gasteiger charge is -2.20. The monoisotopic (exact) mass is 624 g/mol. The summed E-state index contributed by atoms with van der Waals surface area (Å²) in [6.07, 6.45) is -2.32. The molecule has 1 aliphatic rings. The van der Waals surface area contributed by atoms with Gasteiger partial charge in [0.15, 0.2) is 23.2 Å². The minimum Gasteiger partial charge on any atom is -0.387 e. The molecule has 0 bridgehead atoms. The van der Waals surface area contributed by atoms with E-state index in [-0.39, 0.29) is 12.5 Å². The smallest absolute Gasteiger partial charge is 0.168 e. The van der Waals surface area contributed by atoms with Crippen molar-refractivity contribution in [2.75, 3.05) is 32.7 Å². The van der Waals surface area contributed by atoms with E-state index in [9.17, 15) is 10.2 Å². The van der Waals surface area contributed by atoms with E-state index in [1.807, 2.05) is 48.5 Å². The van der Waals surface area contributed by atoms with Crippen LogP contribution in [-0.2, 0) is 33.9 Å². The SMILES string of the molecule is COCc1ccccc1CNCc1nc(NCC(c2ccccc2)c2ccccc2)c2ncn(C3OC(COC)C(O)C3O)c2n1. The van der Waals surface area contributed by atoms with Gasteiger partial charge < -0.3 is 35.1 Å². The van der Waals surface area contributed by atoms with Gasteiger partial charge in [-0.15, -0.1) is 0 Å². The van der Waals surface area contributed by atoms with Crippen LogP contribution in [0.2, 0.25) is 0 Å². The molecule has 3 aromatic carbocycles. The molecule has 1 aliphatic heterocycles. The van der Waals surface area contributed by atoms with Crippen molar-refractivity contribution in [3.63, 3.8) is 0 Å². The van der Waals surface area contributed by atoms with Gasteiger partial charge in [0.2, 0.25) is 0 Å². The standard InChI is InChI=1S/C35H40N6O5/c1-44-20-26-16-10-9-15-25(26)17-36-19-29-39-33(37-18-27(23-11-5-3-6-12-23)24-13-7-4-8-14-24)30-34(40-29)41(22-38-30)35-32(43)31(42)28(46-35)21-45-2/h3-16,22,27-28,31-32,35-36,42-43H,17-21H2,1-2H3,(H,37,39,40). The normalized spacial score (nSPS) is 19.7. The van der Waals surface area contributed by atoms with Gasteiger partial charge in [-0.3, -0.25) is 4.57 Å². The van der Waals surface area contributed by atoms with Crippen molar-refractivity contribution < 1.29 is 24.4 Å². The Hall–Kier alpha value is -4.23. The zero-order chi connectivity index (χ0) is 31.9. The van der Waals surface area contributed by atoms with Crippen molar-refractivity contribution in [1.82, 2.24) is 24.8 Å². The fraction of sp³-hybridized carbons (Fsp3) is 0.343. The number of aliphatic hydroxyl groups excluding tert-OH is 2. The summed E-state index contributed by atoms with van der Waals surface area (Å²) in [5, 5.41) is 28.6. The first-order chi connectivity index (χ1) is 22.6. The second kappa shape index (κ2) is 14.9. The molecule has 3 heterocycles. The lowest BCUT2D eigenvalue weighted by molar-refractivity contribution is -0.0580. The van der Waals surface area contributed by atoms with Gasteiger partial charge in [-0.2, -0.15) is 0 Å². The summed E-state index contributed by atoms with van der Waals surface area (Å²) in [5.41, 5.74) is 5.61. The molecule has 4 N–H and O–H groups in total. The second-order valence-electron chi connectivity index (χ2n) is 11.4. The highest BCUT2D eigenvalue weighted by Gasteiger charge is 2.44. The molecule has 0 radical (unpaired) electrons. The maximum atomic E-state index is 10.9.